The van der Waals surface area contributed by atoms with Crippen LogP contribution in [0.25, 0.3) is 0 Å². The molecule has 2 rings (SSSR count). The molecule has 0 aromatic carbocycles. The summed E-state index contributed by atoms with van der Waals surface area (Å²) in [5.41, 5.74) is 0. The first-order chi connectivity index (χ1) is 7.65. The molecule has 1 aliphatic rings. The predicted octanol–water partition coefficient (Wildman–Crippen LogP) is 1.41. The van der Waals surface area contributed by atoms with Gasteiger partial charge in [-0.15, -0.1) is 10.2 Å². The standard InChI is InChI=1S/C9H13BrN4OS/c1-6(15)11-7-2-4-14(5-3-7)9-13-12-8(10)16-9/h7H,2-5H2,1H3,(H,11,15). The van der Waals surface area contributed by atoms with Crippen molar-refractivity contribution in [3.05, 3.63) is 3.92 Å². The molecular formula is C9H13BrN4OS. The van der Waals surface area contributed by atoms with E-state index in [1.54, 1.807) is 18.3 Å². The number of carbonyl (C=O) groups excluding carboxylic acids is 1. The molecule has 1 N–H and O–H groups in total. The van der Waals surface area contributed by atoms with Crippen molar-refractivity contribution in [1.29, 1.82) is 0 Å². The van der Waals surface area contributed by atoms with Crippen LogP contribution in [0.3, 0.4) is 0 Å². The fraction of sp³-hybridized carbons (Fsp3) is 0.667. The molecular weight excluding hydrogens is 292 g/mol. The Bertz CT molecular complexity index is 375. The van der Waals surface area contributed by atoms with Crippen LogP contribution in [0.1, 0.15) is 19.8 Å². The largest absolute Gasteiger partial charge is 0.353 e. The van der Waals surface area contributed by atoms with E-state index in [1.807, 2.05) is 0 Å². The summed E-state index contributed by atoms with van der Waals surface area (Å²) in [6.07, 6.45) is 1.94. The summed E-state index contributed by atoms with van der Waals surface area (Å²) in [4.78, 5) is 13.1. The van der Waals surface area contributed by atoms with Crippen LogP contribution in [0.4, 0.5) is 5.13 Å². The molecule has 1 aromatic rings. The Morgan fingerprint density at radius 3 is 2.69 bits per heavy atom. The second-order valence-electron chi connectivity index (χ2n) is 3.80. The van der Waals surface area contributed by atoms with Crippen LogP contribution in [0.5, 0.6) is 0 Å². The van der Waals surface area contributed by atoms with Crippen LogP contribution in [0.2, 0.25) is 0 Å². The van der Waals surface area contributed by atoms with Crippen LogP contribution < -0.4 is 10.2 Å². The van der Waals surface area contributed by atoms with Gasteiger partial charge in [0.25, 0.3) is 0 Å². The van der Waals surface area contributed by atoms with Gasteiger partial charge in [0, 0.05) is 26.1 Å². The number of hydrogen-bond donors (Lipinski definition) is 1. The molecule has 1 fully saturated rings. The Labute approximate surface area is 106 Å². The van der Waals surface area contributed by atoms with E-state index in [2.05, 4.69) is 36.3 Å². The van der Waals surface area contributed by atoms with Gasteiger partial charge in [-0.05, 0) is 28.8 Å². The molecule has 0 atom stereocenters. The molecule has 0 unspecified atom stereocenters. The van der Waals surface area contributed by atoms with Gasteiger partial charge in [-0.3, -0.25) is 4.79 Å². The maximum atomic E-state index is 10.9. The molecule has 7 heteroatoms. The maximum absolute atomic E-state index is 10.9. The number of nitrogens with zero attached hydrogens (tertiary/aromatic N) is 3. The molecule has 1 aromatic heterocycles. The number of rotatable bonds is 2. The number of hydrogen-bond acceptors (Lipinski definition) is 5. The van der Waals surface area contributed by atoms with Gasteiger partial charge in [0.2, 0.25) is 11.0 Å². The summed E-state index contributed by atoms with van der Waals surface area (Å²) < 4.78 is 0.812. The second kappa shape index (κ2) is 5.09. The molecule has 16 heavy (non-hydrogen) atoms. The lowest BCUT2D eigenvalue weighted by Gasteiger charge is -2.31. The Morgan fingerprint density at radius 2 is 2.19 bits per heavy atom. The number of anilines is 1. The smallest absolute Gasteiger partial charge is 0.217 e. The molecule has 2 heterocycles. The second-order valence-corrected chi connectivity index (χ2v) is 6.03. The summed E-state index contributed by atoms with van der Waals surface area (Å²) >= 11 is 4.85. The van der Waals surface area contributed by atoms with Crippen LogP contribution in [0, 0.1) is 0 Å². The first-order valence-corrected chi connectivity index (χ1v) is 6.77. The fourth-order valence-corrected chi connectivity index (χ4v) is 2.97. The van der Waals surface area contributed by atoms with Crippen molar-refractivity contribution in [1.82, 2.24) is 15.5 Å². The molecule has 1 amide bonds. The molecule has 0 saturated carbocycles. The van der Waals surface area contributed by atoms with Crippen molar-refractivity contribution in [3.8, 4) is 0 Å². The molecule has 88 valence electrons. The maximum Gasteiger partial charge on any atom is 0.217 e. The number of aromatic nitrogens is 2. The number of halogens is 1. The Hall–Kier alpha value is -0.690. The van der Waals surface area contributed by atoms with Crippen LogP contribution in [-0.4, -0.2) is 35.2 Å². The van der Waals surface area contributed by atoms with Crippen molar-refractivity contribution >= 4 is 38.3 Å². The van der Waals surface area contributed by atoms with E-state index in [-0.39, 0.29) is 5.91 Å². The van der Waals surface area contributed by atoms with Gasteiger partial charge < -0.3 is 10.2 Å². The highest BCUT2D eigenvalue weighted by atomic mass is 79.9. The zero-order chi connectivity index (χ0) is 11.5. The van der Waals surface area contributed by atoms with Crippen LogP contribution in [-0.2, 0) is 4.79 Å². The zero-order valence-corrected chi connectivity index (χ0v) is 11.3. The minimum Gasteiger partial charge on any atom is -0.353 e. The van der Waals surface area contributed by atoms with Crippen LogP contribution >= 0.6 is 27.3 Å². The van der Waals surface area contributed by atoms with Crippen molar-refractivity contribution in [3.63, 3.8) is 0 Å². The van der Waals surface area contributed by atoms with Gasteiger partial charge in [0.1, 0.15) is 0 Å². The number of carbonyl (C=O) groups is 1. The normalized spacial score (nSPS) is 17.5. The van der Waals surface area contributed by atoms with Crippen molar-refractivity contribution in [2.45, 2.75) is 25.8 Å². The topological polar surface area (TPSA) is 58.1 Å². The fourth-order valence-electron chi connectivity index (χ4n) is 1.83. The van der Waals surface area contributed by atoms with E-state index in [1.165, 1.54) is 0 Å². The van der Waals surface area contributed by atoms with E-state index < -0.39 is 0 Å². The van der Waals surface area contributed by atoms with Gasteiger partial charge in [-0.1, -0.05) is 11.3 Å². The third kappa shape index (κ3) is 2.91. The molecule has 1 aliphatic heterocycles. The van der Waals surface area contributed by atoms with Crippen LogP contribution in [0.15, 0.2) is 3.92 Å². The first-order valence-electron chi connectivity index (χ1n) is 5.16. The lowest BCUT2D eigenvalue weighted by atomic mass is 10.1. The van der Waals surface area contributed by atoms with Gasteiger partial charge in [0.05, 0.1) is 0 Å². The van der Waals surface area contributed by atoms with Gasteiger partial charge in [-0.25, -0.2) is 0 Å². The average molecular weight is 305 g/mol. The van der Waals surface area contributed by atoms with E-state index in [9.17, 15) is 4.79 Å². The van der Waals surface area contributed by atoms with Gasteiger partial charge in [-0.2, -0.15) is 0 Å². The monoisotopic (exact) mass is 304 g/mol. The molecule has 1 saturated heterocycles. The Morgan fingerprint density at radius 1 is 1.50 bits per heavy atom. The lowest BCUT2D eigenvalue weighted by molar-refractivity contribution is -0.119. The summed E-state index contributed by atoms with van der Waals surface area (Å²) in [7, 11) is 0. The summed E-state index contributed by atoms with van der Waals surface area (Å²) in [5.74, 6) is 0.0529. The quantitative estimate of drug-likeness (QED) is 0.897. The highest BCUT2D eigenvalue weighted by Gasteiger charge is 2.21. The van der Waals surface area contributed by atoms with Crippen molar-refractivity contribution in [2.24, 2.45) is 0 Å². The molecule has 0 aliphatic carbocycles. The first kappa shape index (κ1) is 11.8. The number of piperidine rings is 1. The predicted molar refractivity (Wildman–Crippen MR) is 66.7 cm³/mol. The van der Waals surface area contributed by atoms with Crippen molar-refractivity contribution in [2.75, 3.05) is 18.0 Å². The summed E-state index contributed by atoms with van der Waals surface area (Å²) in [5, 5.41) is 11.9. The molecule has 5 nitrogen and oxygen atoms in total. The van der Waals surface area contributed by atoms with E-state index in [0.717, 1.165) is 35.0 Å². The lowest BCUT2D eigenvalue weighted by Crippen LogP contribution is -2.44. The van der Waals surface area contributed by atoms with Gasteiger partial charge >= 0.3 is 0 Å². The number of amides is 1. The molecule has 0 spiro atoms. The van der Waals surface area contributed by atoms with Gasteiger partial charge in [0.15, 0.2) is 3.92 Å². The van der Waals surface area contributed by atoms with E-state index >= 15 is 0 Å². The van der Waals surface area contributed by atoms with E-state index in [0.29, 0.717) is 6.04 Å². The summed E-state index contributed by atoms with van der Waals surface area (Å²) in [6, 6.07) is 0.310. The number of nitrogens with one attached hydrogen (secondary N) is 1. The summed E-state index contributed by atoms with van der Waals surface area (Å²) in [6.45, 7) is 3.41. The van der Waals surface area contributed by atoms with E-state index in [4.69, 9.17) is 0 Å². The molecule has 0 radical (unpaired) electrons. The average Bonchev–Trinajstić information content (AvgIpc) is 2.65. The minimum absolute atomic E-state index is 0.0529. The SMILES string of the molecule is CC(=O)NC1CCN(c2nnc(Br)s2)CC1. The Balaban J connectivity index is 1.87. The van der Waals surface area contributed by atoms with Crippen molar-refractivity contribution < 1.29 is 4.79 Å². The minimum atomic E-state index is 0.0529. The third-order valence-corrected chi connectivity index (χ3v) is 3.98. The zero-order valence-electron chi connectivity index (χ0n) is 8.94. The highest BCUT2D eigenvalue weighted by Crippen LogP contribution is 2.26. The molecule has 0 bridgehead atoms. The third-order valence-electron chi connectivity index (χ3n) is 2.56. The highest BCUT2D eigenvalue weighted by molar-refractivity contribution is 9.11. The Kier molecular flexibility index (Phi) is 3.75.